The van der Waals surface area contributed by atoms with Gasteiger partial charge in [0.2, 0.25) is 0 Å². The van der Waals surface area contributed by atoms with Gasteiger partial charge in [0.05, 0.1) is 11.0 Å². The number of rotatable bonds is 7. The lowest BCUT2D eigenvalue weighted by atomic mass is 10.1. The molecule has 0 aromatic heterocycles. The predicted molar refractivity (Wildman–Crippen MR) is 132 cm³/mol. The summed E-state index contributed by atoms with van der Waals surface area (Å²) in [5, 5.41) is 1.01. The Bertz CT molecular complexity index is 1460. The van der Waals surface area contributed by atoms with Crippen molar-refractivity contribution < 1.29 is 31.7 Å². The van der Waals surface area contributed by atoms with Crippen molar-refractivity contribution in [1.29, 1.82) is 0 Å². The molecule has 3 aromatic rings. The standard InChI is InChI=1S/C25H21NO7S2/c1-16(2)32-23(27)15-26-24(28)22(34-25(26)29)14-19-9-5-6-10-21(19)33-35(30,31)20-12-11-17-7-3-4-8-18(17)13-20/h3-14,16H,15H2,1-2H3/b22-14-. The number of para-hydroxylation sites is 1. The number of fused-ring (bicyclic) bond motifs is 1. The molecule has 1 heterocycles. The monoisotopic (exact) mass is 511 g/mol. The highest BCUT2D eigenvalue weighted by Crippen LogP contribution is 2.34. The summed E-state index contributed by atoms with van der Waals surface area (Å²) < 4.78 is 36.4. The average Bonchev–Trinajstić information content (AvgIpc) is 3.06. The molecule has 2 amide bonds. The van der Waals surface area contributed by atoms with Crippen molar-refractivity contribution in [1.82, 2.24) is 4.90 Å². The lowest BCUT2D eigenvalue weighted by Crippen LogP contribution is -2.35. The Kier molecular flexibility index (Phi) is 6.95. The molecule has 0 spiro atoms. The molecule has 0 bridgehead atoms. The number of carbonyl (C=O) groups is 3. The van der Waals surface area contributed by atoms with E-state index in [1.54, 1.807) is 44.2 Å². The second-order valence-electron chi connectivity index (χ2n) is 7.89. The highest BCUT2D eigenvalue weighted by atomic mass is 32.2. The van der Waals surface area contributed by atoms with Gasteiger partial charge in [-0.3, -0.25) is 19.3 Å². The number of esters is 1. The molecule has 35 heavy (non-hydrogen) atoms. The fourth-order valence-corrected chi connectivity index (χ4v) is 5.19. The first-order valence-electron chi connectivity index (χ1n) is 10.6. The van der Waals surface area contributed by atoms with Crippen LogP contribution in [0.15, 0.2) is 76.5 Å². The zero-order valence-corrected chi connectivity index (χ0v) is 20.5. The SMILES string of the molecule is CC(C)OC(=O)CN1C(=O)S/C(=C\c2ccccc2OS(=O)(=O)c2ccc3ccccc3c2)C1=O. The first-order valence-corrected chi connectivity index (χ1v) is 12.8. The van der Waals surface area contributed by atoms with Crippen LogP contribution in [0.3, 0.4) is 0 Å². The maximum absolute atomic E-state index is 13.0. The minimum Gasteiger partial charge on any atom is -0.462 e. The largest absolute Gasteiger partial charge is 0.462 e. The molecule has 1 saturated heterocycles. The van der Waals surface area contributed by atoms with Crippen LogP contribution in [0.4, 0.5) is 4.79 Å². The number of benzene rings is 3. The normalized spacial score (nSPS) is 15.3. The first-order chi connectivity index (χ1) is 16.6. The molecule has 1 fully saturated rings. The van der Waals surface area contributed by atoms with Crippen molar-refractivity contribution in [2.24, 2.45) is 0 Å². The van der Waals surface area contributed by atoms with E-state index in [-0.39, 0.29) is 27.2 Å². The fourth-order valence-electron chi connectivity index (χ4n) is 3.37. The van der Waals surface area contributed by atoms with E-state index in [9.17, 15) is 22.8 Å². The van der Waals surface area contributed by atoms with Gasteiger partial charge >= 0.3 is 16.1 Å². The predicted octanol–water partition coefficient (Wildman–Crippen LogP) is 4.60. The second kappa shape index (κ2) is 9.93. The molecule has 3 aromatic carbocycles. The molecule has 0 aliphatic carbocycles. The minimum absolute atomic E-state index is 0.00771. The number of nitrogens with zero attached hydrogens (tertiary/aromatic N) is 1. The average molecular weight is 512 g/mol. The molecule has 4 rings (SSSR count). The third-order valence-electron chi connectivity index (χ3n) is 4.94. The van der Waals surface area contributed by atoms with Gasteiger partial charge in [0, 0.05) is 5.56 Å². The Hall–Kier alpha value is -3.63. The van der Waals surface area contributed by atoms with Gasteiger partial charge in [-0.05, 0) is 60.7 Å². The molecule has 1 aliphatic heterocycles. The molecular weight excluding hydrogens is 490 g/mol. The van der Waals surface area contributed by atoms with Crippen molar-refractivity contribution in [3.63, 3.8) is 0 Å². The highest BCUT2D eigenvalue weighted by molar-refractivity contribution is 8.18. The lowest BCUT2D eigenvalue weighted by molar-refractivity contribution is -0.149. The van der Waals surface area contributed by atoms with Crippen LogP contribution < -0.4 is 4.18 Å². The number of hydrogen-bond acceptors (Lipinski definition) is 8. The second-order valence-corrected chi connectivity index (χ2v) is 10.4. The van der Waals surface area contributed by atoms with Gasteiger partial charge in [0.1, 0.15) is 17.2 Å². The lowest BCUT2D eigenvalue weighted by Gasteiger charge is -2.13. The first kappa shape index (κ1) is 24.5. The Labute approximate surface area is 206 Å². The molecule has 10 heteroatoms. The topological polar surface area (TPSA) is 107 Å². The maximum Gasteiger partial charge on any atom is 0.339 e. The number of imide groups is 1. The van der Waals surface area contributed by atoms with Crippen molar-refractivity contribution in [3.05, 3.63) is 77.2 Å². The molecule has 0 N–H and O–H groups in total. The summed E-state index contributed by atoms with van der Waals surface area (Å²) in [5.41, 5.74) is 0.284. The van der Waals surface area contributed by atoms with Crippen LogP contribution in [0.1, 0.15) is 19.4 Å². The van der Waals surface area contributed by atoms with Crippen molar-refractivity contribution in [3.8, 4) is 5.75 Å². The van der Waals surface area contributed by atoms with E-state index in [4.69, 9.17) is 8.92 Å². The van der Waals surface area contributed by atoms with Gasteiger partial charge in [0.15, 0.2) is 0 Å². The van der Waals surface area contributed by atoms with Gasteiger partial charge in [-0.1, -0.05) is 48.5 Å². The maximum atomic E-state index is 13.0. The number of thioether (sulfide) groups is 1. The summed E-state index contributed by atoms with van der Waals surface area (Å²) in [6, 6.07) is 18.3. The van der Waals surface area contributed by atoms with Crippen molar-refractivity contribution in [2.45, 2.75) is 24.8 Å². The molecule has 8 nitrogen and oxygen atoms in total. The molecule has 0 atom stereocenters. The Balaban J connectivity index is 1.59. The van der Waals surface area contributed by atoms with E-state index in [0.717, 1.165) is 15.7 Å². The van der Waals surface area contributed by atoms with Crippen molar-refractivity contribution >= 4 is 55.8 Å². The molecule has 0 radical (unpaired) electrons. The Morgan fingerprint density at radius 3 is 2.43 bits per heavy atom. The molecule has 0 saturated carbocycles. The van der Waals surface area contributed by atoms with Gasteiger partial charge in [-0.25, -0.2) is 0 Å². The Morgan fingerprint density at radius 1 is 1.00 bits per heavy atom. The van der Waals surface area contributed by atoms with Crippen LogP contribution in [0, 0.1) is 0 Å². The number of amides is 2. The number of ether oxygens (including phenoxy) is 1. The summed E-state index contributed by atoms with van der Waals surface area (Å²) in [6.45, 7) is 2.82. The van der Waals surface area contributed by atoms with E-state index in [1.807, 2.05) is 18.2 Å². The van der Waals surface area contributed by atoms with E-state index >= 15 is 0 Å². The van der Waals surface area contributed by atoms with Gasteiger partial charge < -0.3 is 8.92 Å². The van der Waals surface area contributed by atoms with Gasteiger partial charge in [-0.15, -0.1) is 0 Å². The van der Waals surface area contributed by atoms with Crippen LogP contribution in [0.5, 0.6) is 5.75 Å². The van der Waals surface area contributed by atoms with Crippen molar-refractivity contribution in [2.75, 3.05) is 6.54 Å². The molecule has 0 unspecified atom stereocenters. The van der Waals surface area contributed by atoms with Crippen LogP contribution in [0.2, 0.25) is 0 Å². The molecular formula is C25H21NO7S2. The van der Waals surface area contributed by atoms with E-state index < -0.39 is 33.8 Å². The third-order valence-corrected chi connectivity index (χ3v) is 7.08. The van der Waals surface area contributed by atoms with Crippen LogP contribution >= 0.6 is 11.8 Å². The van der Waals surface area contributed by atoms with Crippen LogP contribution in [0.25, 0.3) is 16.8 Å². The summed E-state index contributed by atoms with van der Waals surface area (Å²) in [6.07, 6.45) is 0.982. The fraction of sp³-hybridized carbons (Fsp3) is 0.160. The summed E-state index contributed by atoms with van der Waals surface area (Å²) >= 11 is 0.648. The smallest absolute Gasteiger partial charge is 0.339 e. The summed E-state index contributed by atoms with van der Waals surface area (Å²) in [7, 11) is -4.18. The van der Waals surface area contributed by atoms with E-state index in [1.165, 1.54) is 24.3 Å². The summed E-state index contributed by atoms with van der Waals surface area (Å²) in [5.74, 6) is -1.38. The number of hydrogen-bond donors (Lipinski definition) is 0. The zero-order chi connectivity index (χ0) is 25.2. The highest BCUT2D eigenvalue weighted by Gasteiger charge is 2.37. The molecule has 180 valence electrons. The third kappa shape index (κ3) is 5.55. The van der Waals surface area contributed by atoms with E-state index in [2.05, 4.69) is 0 Å². The van der Waals surface area contributed by atoms with E-state index in [0.29, 0.717) is 11.8 Å². The summed E-state index contributed by atoms with van der Waals surface area (Å²) in [4.78, 5) is 37.8. The zero-order valence-electron chi connectivity index (χ0n) is 18.8. The van der Waals surface area contributed by atoms with Gasteiger partial charge in [0.25, 0.3) is 11.1 Å². The Morgan fingerprint density at radius 2 is 1.69 bits per heavy atom. The van der Waals surface area contributed by atoms with Gasteiger partial charge in [-0.2, -0.15) is 8.42 Å². The quantitative estimate of drug-likeness (QED) is 0.257. The number of carbonyl (C=O) groups excluding carboxylic acids is 3. The van der Waals surface area contributed by atoms with Crippen LogP contribution in [-0.2, 0) is 24.4 Å². The molecule has 1 aliphatic rings. The minimum atomic E-state index is -4.18. The van der Waals surface area contributed by atoms with Crippen LogP contribution in [-0.4, -0.2) is 43.1 Å².